The molecule has 0 saturated heterocycles. The number of thiazole rings is 1. The van der Waals surface area contributed by atoms with Gasteiger partial charge in [0.2, 0.25) is 0 Å². The summed E-state index contributed by atoms with van der Waals surface area (Å²) < 4.78 is 12.2. The summed E-state index contributed by atoms with van der Waals surface area (Å²) in [7, 11) is 3.34. The lowest BCUT2D eigenvalue weighted by Crippen LogP contribution is -2.45. The monoisotopic (exact) mass is 370 g/mol. The van der Waals surface area contributed by atoms with Crippen molar-refractivity contribution in [1.82, 2.24) is 10.3 Å². The van der Waals surface area contributed by atoms with Gasteiger partial charge in [-0.25, -0.2) is 4.98 Å². The Morgan fingerprint density at radius 2 is 1.77 bits per heavy atom. The summed E-state index contributed by atoms with van der Waals surface area (Å²) in [5.74, 6) is 1.66. The van der Waals surface area contributed by atoms with Crippen LogP contribution in [0.1, 0.15) is 16.1 Å². The summed E-state index contributed by atoms with van der Waals surface area (Å²) in [6.07, 6.45) is 0.771. The first-order valence-corrected chi connectivity index (χ1v) is 9.50. The largest absolute Gasteiger partial charge is 0.496 e. The third-order valence-corrected chi connectivity index (χ3v) is 5.98. The number of nitrogens with one attached hydrogen (secondary N) is 1. The molecule has 0 bridgehead atoms. The first kappa shape index (κ1) is 17.3. The quantitative estimate of drug-likeness (QED) is 0.723. The van der Waals surface area contributed by atoms with Crippen molar-refractivity contribution in [3.63, 3.8) is 0 Å². The van der Waals surface area contributed by atoms with Crippen molar-refractivity contribution in [2.45, 2.75) is 31.5 Å². The van der Waals surface area contributed by atoms with E-state index in [-0.39, 0.29) is 6.04 Å². The van der Waals surface area contributed by atoms with Gasteiger partial charge in [-0.05, 0) is 30.7 Å². The molecule has 0 spiro atoms. The van der Waals surface area contributed by atoms with E-state index in [0.717, 1.165) is 33.2 Å². The van der Waals surface area contributed by atoms with Gasteiger partial charge < -0.3 is 19.9 Å². The van der Waals surface area contributed by atoms with Crippen molar-refractivity contribution in [3.05, 3.63) is 52.5 Å². The number of hydrogen-bond acceptors (Lipinski definition) is 6. The Morgan fingerprint density at radius 1 is 1.08 bits per heavy atom. The molecule has 1 aliphatic rings. The fourth-order valence-corrected chi connectivity index (χ4v) is 4.53. The molecular weight excluding hydrogens is 348 g/mol. The van der Waals surface area contributed by atoms with E-state index in [4.69, 9.17) is 9.47 Å². The minimum absolute atomic E-state index is 0.0458. The van der Waals surface area contributed by atoms with Crippen molar-refractivity contribution < 1.29 is 14.6 Å². The molecule has 0 saturated carbocycles. The van der Waals surface area contributed by atoms with Crippen molar-refractivity contribution in [3.8, 4) is 11.5 Å². The Kier molecular flexibility index (Phi) is 4.80. The van der Waals surface area contributed by atoms with E-state index in [2.05, 4.69) is 16.4 Å². The summed E-state index contributed by atoms with van der Waals surface area (Å²) in [6.45, 7) is 0.642. The molecule has 0 amide bonds. The second-order valence-electron chi connectivity index (χ2n) is 6.47. The number of methoxy groups -OCH3 is 2. The number of benzene rings is 2. The van der Waals surface area contributed by atoms with Crippen LogP contribution in [0.15, 0.2) is 36.4 Å². The van der Waals surface area contributed by atoms with Gasteiger partial charge in [-0.1, -0.05) is 12.1 Å². The predicted molar refractivity (Wildman–Crippen MR) is 103 cm³/mol. The average molecular weight is 370 g/mol. The summed E-state index contributed by atoms with van der Waals surface area (Å²) in [5.41, 5.74) is 3.17. The van der Waals surface area contributed by atoms with Crippen LogP contribution >= 0.6 is 11.3 Å². The van der Waals surface area contributed by atoms with Crippen LogP contribution in [-0.4, -0.2) is 36.5 Å². The highest BCUT2D eigenvalue weighted by molar-refractivity contribution is 7.18. The Bertz CT molecular complexity index is 892. The molecule has 26 heavy (non-hydrogen) atoms. The van der Waals surface area contributed by atoms with E-state index >= 15 is 0 Å². The van der Waals surface area contributed by atoms with Gasteiger partial charge in [-0.3, -0.25) is 0 Å². The minimum atomic E-state index is -0.474. The van der Waals surface area contributed by atoms with Crippen LogP contribution in [0.25, 0.3) is 10.2 Å². The molecule has 1 heterocycles. The molecule has 0 radical (unpaired) electrons. The normalized spacial score (nSPS) is 19.3. The molecule has 0 aliphatic heterocycles. The third kappa shape index (κ3) is 3.16. The number of aliphatic hydroxyl groups excluding tert-OH is 1. The van der Waals surface area contributed by atoms with Crippen molar-refractivity contribution >= 4 is 21.6 Å². The van der Waals surface area contributed by atoms with Crippen LogP contribution in [-0.2, 0) is 19.4 Å². The highest BCUT2D eigenvalue weighted by atomic mass is 32.1. The highest BCUT2D eigenvalue weighted by Crippen LogP contribution is 2.36. The smallest absolute Gasteiger partial charge is 0.122 e. The predicted octanol–water partition coefficient (Wildman–Crippen LogP) is 2.93. The molecule has 3 aromatic rings. The molecule has 0 fully saturated rings. The van der Waals surface area contributed by atoms with Gasteiger partial charge in [-0.15, -0.1) is 11.3 Å². The number of para-hydroxylation sites is 1. The maximum Gasteiger partial charge on any atom is 0.122 e. The SMILES string of the molecule is COc1ccc(OC)c2c1CC(O)C(NCc1nc3ccccc3s1)C2. The molecule has 6 heteroatoms. The highest BCUT2D eigenvalue weighted by Gasteiger charge is 2.31. The van der Waals surface area contributed by atoms with Gasteiger partial charge in [0.05, 0.1) is 30.5 Å². The van der Waals surface area contributed by atoms with E-state index in [9.17, 15) is 5.11 Å². The second kappa shape index (κ2) is 7.23. The molecule has 2 atom stereocenters. The van der Waals surface area contributed by atoms with Gasteiger partial charge in [0.1, 0.15) is 16.5 Å². The van der Waals surface area contributed by atoms with E-state index in [1.54, 1.807) is 25.6 Å². The van der Waals surface area contributed by atoms with E-state index < -0.39 is 6.10 Å². The zero-order chi connectivity index (χ0) is 18.1. The molecule has 136 valence electrons. The van der Waals surface area contributed by atoms with E-state index in [0.29, 0.717) is 19.4 Å². The van der Waals surface area contributed by atoms with Gasteiger partial charge >= 0.3 is 0 Å². The lowest BCUT2D eigenvalue weighted by Gasteiger charge is -2.32. The Morgan fingerprint density at radius 3 is 2.46 bits per heavy atom. The van der Waals surface area contributed by atoms with Crippen molar-refractivity contribution in [2.75, 3.05) is 14.2 Å². The summed E-state index contributed by atoms with van der Waals surface area (Å²) in [6, 6.07) is 11.9. The number of ether oxygens (including phenoxy) is 2. The van der Waals surface area contributed by atoms with Crippen molar-refractivity contribution in [2.24, 2.45) is 0 Å². The van der Waals surface area contributed by atoms with E-state index in [1.165, 1.54) is 4.70 Å². The number of nitrogens with zero attached hydrogens (tertiary/aromatic N) is 1. The summed E-state index contributed by atoms with van der Waals surface area (Å²) >= 11 is 1.69. The maximum absolute atomic E-state index is 10.6. The van der Waals surface area contributed by atoms with Crippen LogP contribution in [0.2, 0.25) is 0 Å². The molecule has 2 N–H and O–H groups in total. The third-order valence-electron chi connectivity index (χ3n) is 4.94. The molecule has 2 unspecified atom stereocenters. The number of hydrogen-bond donors (Lipinski definition) is 2. The van der Waals surface area contributed by atoms with Gasteiger partial charge in [0.25, 0.3) is 0 Å². The first-order chi connectivity index (χ1) is 12.7. The van der Waals surface area contributed by atoms with Gasteiger partial charge in [-0.2, -0.15) is 0 Å². The minimum Gasteiger partial charge on any atom is -0.496 e. The van der Waals surface area contributed by atoms with Crippen LogP contribution < -0.4 is 14.8 Å². The topological polar surface area (TPSA) is 63.6 Å². The summed E-state index contributed by atoms with van der Waals surface area (Å²) in [4.78, 5) is 4.66. The molecular formula is C20H22N2O3S. The Hall–Kier alpha value is -2.15. The lowest BCUT2D eigenvalue weighted by molar-refractivity contribution is 0.117. The second-order valence-corrected chi connectivity index (χ2v) is 7.58. The van der Waals surface area contributed by atoms with Crippen LogP contribution in [0, 0.1) is 0 Å². The number of fused-ring (bicyclic) bond motifs is 2. The van der Waals surface area contributed by atoms with Crippen LogP contribution in [0.5, 0.6) is 11.5 Å². The van der Waals surface area contributed by atoms with Crippen molar-refractivity contribution in [1.29, 1.82) is 0 Å². The fraction of sp³-hybridized carbons (Fsp3) is 0.350. The number of aromatic nitrogens is 1. The molecule has 2 aromatic carbocycles. The molecule has 5 nitrogen and oxygen atoms in total. The van der Waals surface area contributed by atoms with Crippen LogP contribution in [0.4, 0.5) is 0 Å². The number of rotatable bonds is 5. The van der Waals surface area contributed by atoms with Crippen LogP contribution in [0.3, 0.4) is 0 Å². The summed E-state index contributed by atoms with van der Waals surface area (Å²) in [5, 5.41) is 15.2. The molecule has 4 rings (SSSR count). The maximum atomic E-state index is 10.6. The Labute approximate surface area is 156 Å². The van der Waals surface area contributed by atoms with E-state index in [1.807, 2.05) is 30.3 Å². The fourth-order valence-electron chi connectivity index (χ4n) is 3.61. The Balaban J connectivity index is 1.53. The average Bonchev–Trinajstić information content (AvgIpc) is 3.08. The zero-order valence-corrected chi connectivity index (χ0v) is 15.7. The zero-order valence-electron chi connectivity index (χ0n) is 14.9. The van der Waals surface area contributed by atoms with Gasteiger partial charge in [0, 0.05) is 30.1 Å². The lowest BCUT2D eigenvalue weighted by atomic mass is 9.85. The molecule has 1 aromatic heterocycles. The van der Waals surface area contributed by atoms with Gasteiger partial charge in [0.15, 0.2) is 0 Å². The molecule has 1 aliphatic carbocycles. The standard InChI is InChI=1S/C20H22N2O3S/c1-24-17-7-8-18(25-2)13-10-16(23)15(9-12(13)17)21-11-20-22-14-5-3-4-6-19(14)26-20/h3-8,15-16,21,23H,9-11H2,1-2H3. The first-order valence-electron chi connectivity index (χ1n) is 8.68. The number of aliphatic hydroxyl groups is 1.